The van der Waals surface area contributed by atoms with E-state index in [1.54, 1.807) is 0 Å². The first-order chi connectivity index (χ1) is 6.11. The molecule has 0 aromatic heterocycles. The smallest absolute Gasteiger partial charge is 0.336 e. The highest BCUT2D eigenvalue weighted by atomic mass is 16.7. The lowest BCUT2D eigenvalue weighted by atomic mass is 10.2. The molecule has 0 bridgehead atoms. The van der Waals surface area contributed by atoms with Gasteiger partial charge in [0.1, 0.15) is 0 Å². The van der Waals surface area contributed by atoms with E-state index in [9.17, 15) is 9.59 Å². The van der Waals surface area contributed by atoms with Crippen molar-refractivity contribution < 1.29 is 23.8 Å². The molecular weight excluding hydrogens is 176 g/mol. The van der Waals surface area contributed by atoms with E-state index >= 15 is 0 Å². The normalized spacial score (nSPS) is 9.08. The largest absolute Gasteiger partial charge is 0.469 e. The SMILES string of the molecule is C=C(CC(=O)OC)C(=O)OCOC. The van der Waals surface area contributed by atoms with Gasteiger partial charge in [0.05, 0.1) is 13.5 Å². The summed E-state index contributed by atoms with van der Waals surface area (Å²) in [6.45, 7) is 3.21. The van der Waals surface area contributed by atoms with Crippen molar-refractivity contribution in [3.05, 3.63) is 12.2 Å². The Bertz CT molecular complexity index is 209. The fraction of sp³-hybridized carbons (Fsp3) is 0.500. The van der Waals surface area contributed by atoms with Crippen LogP contribution in [0.1, 0.15) is 6.42 Å². The van der Waals surface area contributed by atoms with Crippen molar-refractivity contribution in [2.24, 2.45) is 0 Å². The van der Waals surface area contributed by atoms with Gasteiger partial charge >= 0.3 is 11.9 Å². The molecule has 0 saturated carbocycles. The van der Waals surface area contributed by atoms with Crippen molar-refractivity contribution in [1.82, 2.24) is 0 Å². The lowest BCUT2D eigenvalue weighted by molar-refractivity contribution is -0.151. The van der Waals surface area contributed by atoms with E-state index in [1.807, 2.05) is 0 Å². The zero-order valence-corrected chi connectivity index (χ0v) is 7.66. The van der Waals surface area contributed by atoms with Gasteiger partial charge < -0.3 is 14.2 Å². The topological polar surface area (TPSA) is 61.8 Å². The van der Waals surface area contributed by atoms with Crippen LogP contribution in [0, 0.1) is 0 Å². The maximum absolute atomic E-state index is 10.9. The van der Waals surface area contributed by atoms with Gasteiger partial charge in [-0.2, -0.15) is 0 Å². The second-order valence-corrected chi connectivity index (χ2v) is 2.19. The van der Waals surface area contributed by atoms with Crippen molar-refractivity contribution in [3.8, 4) is 0 Å². The van der Waals surface area contributed by atoms with Gasteiger partial charge in [0.2, 0.25) is 0 Å². The molecule has 0 atom stereocenters. The number of carbonyl (C=O) groups excluding carboxylic acids is 2. The van der Waals surface area contributed by atoms with Crippen LogP contribution in [0.3, 0.4) is 0 Å². The monoisotopic (exact) mass is 188 g/mol. The number of rotatable bonds is 5. The van der Waals surface area contributed by atoms with Crippen LogP contribution in [0.5, 0.6) is 0 Å². The number of esters is 2. The quantitative estimate of drug-likeness (QED) is 0.351. The van der Waals surface area contributed by atoms with Crippen molar-refractivity contribution in [2.75, 3.05) is 21.0 Å². The molecule has 0 aliphatic rings. The molecule has 0 rings (SSSR count). The van der Waals surface area contributed by atoms with Crippen LogP contribution in [0.15, 0.2) is 12.2 Å². The first-order valence-electron chi connectivity index (χ1n) is 3.52. The van der Waals surface area contributed by atoms with Crippen LogP contribution in [0.4, 0.5) is 0 Å². The third-order valence-corrected chi connectivity index (χ3v) is 1.18. The Hall–Kier alpha value is -1.36. The van der Waals surface area contributed by atoms with Crippen LogP contribution in [-0.2, 0) is 23.8 Å². The highest BCUT2D eigenvalue weighted by molar-refractivity contribution is 5.93. The van der Waals surface area contributed by atoms with Gasteiger partial charge in [-0.15, -0.1) is 0 Å². The summed E-state index contributed by atoms with van der Waals surface area (Å²) in [6, 6.07) is 0. The molecule has 0 heterocycles. The first kappa shape index (κ1) is 11.6. The molecule has 0 fully saturated rings. The maximum atomic E-state index is 10.9. The number of methoxy groups -OCH3 is 2. The lowest BCUT2D eigenvalue weighted by Crippen LogP contribution is -2.13. The summed E-state index contributed by atoms with van der Waals surface area (Å²) in [7, 11) is 2.62. The van der Waals surface area contributed by atoms with Crippen LogP contribution in [0.2, 0.25) is 0 Å². The zero-order valence-electron chi connectivity index (χ0n) is 7.66. The van der Waals surface area contributed by atoms with Crippen molar-refractivity contribution in [1.29, 1.82) is 0 Å². The molecule has 0 radical (unpaired) electrons. The van der Waals surface area contributed by atoms with Gasteiger partial charge in [0.15, 0.2) is 6.79 Å². The van der Waals surface area contributed by atoms with Gasteiger partial charge in [-0.05, 0) is 0 Å². The molecule has 0 unspecified atom stereocenters. The maximum Gasteiger partial charge on any atom is 0.336 e. The molecule has 0 N–H and O–H groups in total. The van der Waals surface area contributed by atoms with Crippen molar-refractivity contribution in [2.45, 2.75) is 6.42 Å². The summed E-state index contributed by atoms with van der Waals surface area (Å²) in [5, 5.41) is 0. The molecular formula is C8H12O5. The molecule has 0 aliphatic carbocycles. The summed E-state index contributed by atoms with van der Waals surface area (Å²) in [6.07, 6.45) is -0.168. The number of hydrogen-bond donors (Lipinski definition) is 0. The third-order valence-electron chi connectivity index (χ3n) is 1.18. The van der Waals surface area contributed by atoms with E-state index in [0.717, 1.165) is 0 Å². The minimum atomic E-state index is -0.660. The van der Waals surface area contributed by atoms with E-state index in [2.05, 4.69) is 20.8 Å². The molecule has 0 spiro atoms. The Morgan fingerprint density at radius 3 is 2.38 bits per heavy atom. The Labute approximate surface area is 76.3 Å². The summed E-state index contributed by atoms with van der Waals surface area (Å²) in [5.41, 5.74) is 0.0453. The molecule has 74 valence electrons. The summed E-state index contributed by atoms with van der Waals surface area (Å²) >= 11 is 0. The Morgan fingerprint density at radius 2 is 1.92 bits per heavy atom. The van der Waals surface area contributed by atoms with Gasteiger partial charge in [-0.25, -0.2) is 4.79 Å². The van der Waals surface area contributed by atoms with E-state index in [1.165, 1.54) is 14.2 Å². The Morgan fingerprint density at radius 1 is 1.31 bits per heavy atom. The molecule has 0 aromatic carbocycles. The zero-order chi connectivity index (χ0) is 10.3. The minimum Gasteiger partial charge on any atom is -0.469 e. The lowest BCUT2D eigenvalue weighted by Gasteiger charge is -2.04. The minimum absolute atomic E-state index is 0.0453. The molecule has 13 heavy (non-hydrogen) atoms. The van der Waals surface area contributed by atoms with E-state index < -0.39 is 11.9 Å². The van der Waals surface area contributed by atoms with Gasteiger partial charge in [-0.1, -0.05) is 6.58 Å². The molecule has 0 aliphatic heterocycles. The highest BCUT2D eigenvalue weighted by Gasteiger charge is 2.12. The summed E-state index contributed by atoms with van der Waals surface area (Å²) in [4.78, 5) is 21.6. The third kappa shape index (κ3) is 4.97. The predicted molar refractivity (Wildman–Crippen MR) is 43.7 cm³/mol. The van der Waals surface area contributed by atoms with Crippen molar-refractivity contribution >= 4 is 11.9 Å². The van der Waals surface area contributed by atoms with Crippen molar-refractivity contribution in [3.63, 3.8) is 0 Å². The van der Waals surface area contributed by atoms with Crippen LogP contribution < -0.4 is 0 Å². The van der Waals surface area contributed by atoms with E-state index in [0.29, 0.717) is 0 Å². The molecule has 0 aromatic rings. The Kier molecular flexibility index (Phi) is 5.54. The fourth-order valence-electron chi connectivity index (χ4n) is 0.533. The van der Waals surface area contributed by atoms with E-state index in [4.69, 9.17) is 0 Å². The number of ether oxygens (including phenoxy) is 3. The second kappa shape index (κ2) is 6.19. The van der Waals surface area contributed by atoms with Gasteiger partial charge in [0, 0.05) is 12.7 Å². The fourth-order valence-corrected chi connectivity index (χ4v) is 0.533. The predicted octanol–water partition coefficient (Wildman–Crippen LogP) is 0.253. The van der Waals surface area contributed by atoms with Gasteiger partial charge in [0.25, 0.3) is 0 Å². The average Bonchev–Trinajstić information content (AvgIpc) is 2.13. The molecule has 5 heteroatoms. The van der Waals surface area contributed by atoms with Crippen LogP contribution in [-0.4, -0.2) is 33.0 Å². The number of carbonyl (C=O) groups is 2. The average molecular weight is 188 g/mol. The molecule has 0 saturated heterocycles. The molecule has 0 amide bonds. The van der Waals surface area contributed by atoms with Gasteiger partial charge in [-0.3, -0.25) is 4.79 Å². The van der Waals surface area contributed by atoms with Crippen LogP contribution >= 0.6 is 0 Å². The Balaban J connectivity index is 3.83. The second-order valence-electron chi connectivity index (χ2n) is 2.19. The first-order valence-corrected chi connectivity index (χ1v) is 3.52. The highest BCUT2D eigenvalue weighted by Crippen LogP contribution is 2.02. The standard InChI is InChI=1S/C8H12O5/c1-6(4-7(9)12-3)8(10)13-5-11-2/h1,4-5H2,2-3H3. The summed E-state index contributed by atoms with van der Waals surface area (Å²) < 4.78 is 13.4. The molecule has 5 nitrogen and oxygen atoms in total. The summed E-state index contributed by atoms with van der Waals surface area (Å²) in [5.74, 6) is -1.19. The number of hydrogen-bond acceptors (Lipinski definition) is 5. The van der Waals surface area contributed by atoms with E-state index in [-0.39, 0.29) is 18.8 Å². The van der Waals surface area contributed by atoms with Crippen LogP contribution in [0.25, 0.3) is 0 Å².